The molecule has 5 rings (SSSR count). The first kappa shape index (κ1) is 20.0. The molecule has 2 heterocycles. The fourth-order valence-corrected chi connectivity index (χ4v) is 4.75. The molecule has 5 nitrogen and oxygen atoms in total. The van der Waals surface area contributed by atoms with Gasteiger partial charge in [0.05, 0.1) is 10.6 Å². The number of aryl methyl sites for hydroxylation is 1. The van der Waals surface area contributed by atoms with Crippen LogP contribution in [0.3, 0.4) is 0 Å². The molecule has 5 aromatic rings. The molecule has 32 heavy (non-hydrogen) atoms. The van der Waals surface area contributed by atoms with Crippen molar-refractivity contribution in [1.29, 1.82) is 0 Å². The van der Waals surface area contributed by atoms with Gasteiger partial charge in [-0.3, -0.25) is 4.72 Å². The highest BCUT2D eigenvalue weighted by Crippen LogP contribution is 2.26. The molecule has 0 aliphatic carbocycles. The topological polar surface area (TPSA) is 63.5 Å². The summed E-state index contributed by atoms with van der Waals surface area (Å²) in [5.74, 6) is 0. The Morgan fingerprint density at radius 1 is 0.750 bits per heavy atom. The molecule has 0 fully saturated rings. The van der Waals surface area contributed by atoms with Crippen molar-refractivity contribution in [1.82, 2.24) is 9.38 Å². The van der Waals surface area contributed by atoms with Crippen LogP contribution < -0.4 is 4.72 Å². The first-order valence-corrected chi connectivity index (χ1v) is 11.7. The predicted molar refractivity (Wildman–Crippen MR) is 128 cm³/mol. The maximum atomic E-state index is 13.0. The Hall–Kier alpha value is -3.90. The first-order valence-electron chi connectivity index (χ1n) is 10.2. The number of nitrogens with one attached hydrogen (secondary N) is 1. The zero-order valence-electron chi connectivity index (χ0n) is 17.4. The van der Waals surface area contributed by atoms with Crippen molar-refractivity contribution in [2.24, 2.45) is 0 Å². The van der Waals surface area contributed by atoms with E-state index >= 15 is 0 Å². The van der Waals surface area contributed by atoms with Gasteiger partial charge in [0.1, 0.15) is 5.65 Å². The fraction of sp³-hybridized carbons (Fsp3) is 0.0385. The Labute approximate surface area is 187 Å². The van der Waals surface area contributed by atoms with Crippen molar-refractivity contribution < 1.29 is 8.42 Å². The Morgan fingerprint density at radius 3 is 2.19 bits per heavy atom. The molecule has 0 bridgehead atoms. The van der Waals surface area contributed by atoms with Gasteiger partial charge in [0.2, 0.25) is 0 Å². The zero-order valence-corrected chi connectivity index (χ0v) is 18.3. The molecule has 1 N–H and O–H groups in total. The third-order valence-corrected chi connectivity index (χ3v) is 6.78. The van der Waals surface area contributed by atoms with Crippen LogP contribution in [0.25, 0.3) is 28.0 Å². The summed E-state index contributed by atoms with van der Waals surface area (Å²) in [6.07, 6.45) is 1.96. The number of fused-ring (bicyclic) bond motifs is 1. The number of anilines is 1. The van der Waals surface area contributed by atoms with Gasteiger partial charge >= 0.3 is 0 Å². The van der Waals surface area contributed by atoms with Gasteiger partial charge in [0.25, 0.3) is 10.0 Å². The van der Waals surface area contributed by atoms with E-state index in [2.05, 4.69) is 9.71 Å². The van der Waals surface area contributed by atoms with Gasteiger partial charge in [-0.1, -0.05) is 60.7 Å². The summed E-state index contributed by atoms with van der Waals surface area (Å²) >= 11 is 0. The molecule has 158 valence electrons. The van der Waals surface area contributed by atoms with E-state index in [1.165, 1.54) is 0 Å². The Kier molecular flexibility index (Phi) is 4.99. The first-order chi connectivity index (χ1) is 15.5. The minimum atomic E-state index is -3.72. The number of aromatic nitrogens is 2. The zero-order chi connectivity index (χ0) is 22.1. The molecule has 0 spiro atoms. The summed E-state index contributed by atoms with van der Waals surface area (Å²) in [6.45, 7) is 2.02. The molecular weight excluding hydrogens is 418 g/mol. The second-order valence-corrected chi connectivity index (χ2v) is 9.28. The van der Waals surface area contributed by atoms with Gasteiger partial charge in [-0.15, -0.1) is 0 Å². The third-order valence-electron chi connectivity index (χ3n) is 5.38. The van der Waals surface area contributed by atoms with E-state index in [1.807, 2.05) is 90.3 Å². The standard InChI is InChI=1S/C26H21N3O2S/c1-19-7-5-12-26-27-25(18-29(19)26)22-10-6-11-23(17-22)28-32(30,31)24-15-13-21(14-16-24)20-8-3-2-4-9-20/h2-18,28H,1H3. The van der Waals surface area contributed by atoms with Crippen molar-refractivity contribution >= 4 is 21.4 Å². The molecule has 0 saturated carbocycles. The molecule has 0 aliphatic rings. The molecular formula is C26H21N3O2S. The van der Waals surface area contributed by atoms with Gasteiger partial charge in [-0.25, -0.2) is 13.4 Å². The smallest absolute Gasteiger partial charge is 0.261 e. The highest BCUT2D eigenvalue weighted by molar-refractivity contribution is 7.92. The number of sulfonamides is 1. The molecule has 0 saturated heterocycles. The van der Waals surface area contributed by atoms with Gasteiger partial charge in [-0.05, 0) is 54.4 Å². The van der Waals surface area contributed by atoms with Crippen molar-refractivity contribution in [3.63, 3.8) is 0 Å². The minimum absolute atomic E-state index is 0.214. The maximum Gasteiger partial charge on any atom is 0.261 e. The van der Waals surface area contributed by atoms with Crippen molar-refractivity contribution in [2.75, 3.05) is 4.72 Å². The van der Waals surface area contributed by atoms with E-state index in [-0.39, 0.29) is 4.90 Å². The lowest BCUT2D eigenvalue weighted by molar-refractivity contribution is 0.601. The summed E-state index contributed by atoms with van der Waals surface area (Å²) in [4.78, 5) is 4.88. The Bertz CT molecular complexity index is 1510. The van der Waals surface area contributed by atoms with E-state index in [1.54, 1.807) is 24.3 Å². The molecule has 6 heteroatoms. The summed E-state index contributed by atoms with van der Waals surface area (Å²) in [5, 5.41) is 0. The van der Waals surface area contributed by atoms with Crippen LogP contribution >= 0.6 is 0 Å². The number of pyridine rings is 1. The Morgan fingerprint density at radius 2 is 1.44 bits per heavy atom. The van der Waals surface area contributed by atoms with Crippen molar-refractivity contribution in [3.05, 3.63) is 109 Å². The number of nitrogens with zero attached hydrogens (tertiary/aromatic N) is 2. The number of imidazole rings is 1. The van der Waals surface area contributed by atoms with Gasteiger partial charge in [-0.2, -0.15) is 0 Å². The minimum Gasteiger partial charge on any atom is -0.304 e. The molecule has 0 atom stereocenters. The average molecular weight is 440 g/mol. The third kappa shape index (κ3) is 3.88. The normalized spacial score (nSPS) is 11.5. The van der Waals surface area contributed by atoms with Crippen LogP contribution in [0, 0.1) is 6.92 Å². The number of benzene rings is 3. The lowest BCUT2D eigenvalue weighted by Gasteiger charge is -2.10. The summed E-state index contributed by atoms with van der Waals surface area (Å²) < 4.78 is 30.6. The van der Waals surface area contributed by atoms with E-state index in [4.69, 9.17) is 0 Å². The van der Waals surface area contributed by atoms with Crippen LogP contribution in [0.5, 0.6) is 0 Å². The quantitative estimate of drug-likeness (QED) is 0.378. The number of hydrogen-bond donors (Lipinski definition) is 1. The van der Waals surface area contributed by atoms with Crippen LogP contribution in [-0.2, 0) is 10.0 Å². The summed E-state index contributed by atoms with van der Waals surface area (Å²) in [5.41, 5.74) is 6.05. The van der Waals surface area contributed by atoms with Crippen LogP contribution in [-0.4, -0.2) is 17.8 Å². The monoisotopic (exact) mass is 439 g/mol. The number of hydrogen-bond acceptors (Lipinski definition) is 3. The van der Waals surface area contributed by atoms with Gasteiger partial charge < -0.3 is 4.40 Å². The van der Waals surface area contributed by atoms with Crippen molar-refractivity contribution in [3.8, 4) is 22.4 Å². The second-order valence-electron chi connectivity index (χ2n) is 7.60. The lowest BCUT2D eigenvalue weighted by atomic mass is 10.1. The summed E-state index contributed by atoms with van der Waals surface area (Å²) in [6, 6.07) is 30.0. The van der Waals surface area contributed by atoms with Crippen molar-refractivity contribution in [2.45, 2.75) is 11.8 Å². The van der Waals surface area contributed by atoms with E-state index in [9.17, 15) is 8.42 Å². The van der Waals surface area contributed by atoms with E-state index in [0.717, 1.165) is 33.7 Å². The van der Waals surface area contributed by atoms with Crippen LogP contribution in [0.2, 0.25) is 0 Å². The fourth-order valence-electron chi connectivity index (χ4n) is 3.70. The predicted octanol–water partition coefficient (Wildman–Crippen LogP) is 5.78. The largest absolute Gasteiger partial charge is 0.304 e. The van der Waals surface area contributed by atoms with E-state index in [0.29, 0.717) is 5.69 Å². The highest BCUT2D eigenvalue weighted by atomic mass is 32.2. The van der Waals surface area contributed by atoms with Crippen LogP contribution in [0.1, 0.15) is 5.69 Å². The summed E-state index contributed by atoms with van der Waals surface area (Å²) in [7, 11) is -3.72. The second kappa shape index (κ2) is 7.98. The molecule has 0 aliphatic heterocycles. The van der Waals surface area contributed by atoms with Crippen LogP contribution in [0.4, 0.5) is 5.69 Å². The maximum absolute atomic E-state index is 13.0. The van der Waals surface area contributed by atoms with Gasteiger partial charge in [0.15, 0.2) is 0 Å². The highest BCUT2D eigenvalue weighted by Gasteiger charge is 2.15. The molecule has 3 aromatic carbocycles. The SMILES string of the molecule is Cc1cccc2nc(-c3cccc(NS(=O)(=O)c4ccc(-c5ccccc5)cc4)c3)cn12. The molecule has 0 unspecified atom stereocenters. The lowest BCUT2D eigenvalue weighted by Crippen LogP contribution is -2.12. The van der Waals surface area contributed by atoms with Crippen LogP contribution in [0.15, 0.2) is 108 Å². The Balaban J connectivity index is 1.41. The van der Waals surface area contributed by atoms with Gasteiger partial charge in [0, 0.05) is 23.1 Å². The molecule has 0 radical (unpaired) electrons. The molecule has 0 amide bonds. The average Bonchev–Trinajstić information content (AvgIpc) is 3.26. The number of rotatable bonds is 5. The molecule has 2 aromatic heterocycles. The van der Waals surface area contributed by atoms with E-state index < -0.39 is 10.0 Å².